The van der Waals surface area contributed by atoms with Crippen molar-refractivity contribution in [2.75, 3.05) is 0 Å². The van der Waals surface area contributed by atoms with Gasteiger partial charge in [-0.1, -0.05) is 21.1 Å². The number of ether oxygens (including phenoxy) is 1. The van der Waals surface area contributed by atoms with Gasteiger partial charge in [-0.15, -0.1) is 0 Å². The Bertz CT molecular complexity index is 569. The van der Waals surface area contributed by atoms with Gasteiger partial charge in [0, 0.05) is 10.4 Å². The van der Waals surface area contributed by atoms with Crippen molar-refractivity contribution in [1.29, 1.82) is 0 Å². The Labute approximate surface area is 111 Å². The second-order valence-electron chi connectivity index (χ2n) is 4.18. The minimum Gasteiger partial charge on any atom is -0.481 e. The van der Waals surface area contributed by atoms with Crippen molar-refractivity contribution < 1.29 is 13.7 Å². The second kappa shape index (κ2) is 4.68. The summed E-state index contributed by atoms with van der Waals surface area (Å²) < 4.78 is 24.5. The van der Waals surface area contributed by atoms with Gasteiger partial charge in [0.05, 0.1) is 0 Å². The summed E-state index contributed by atoms with van der Waals surface area (Å²) in [6, 6.07) is 4.51. The van der Waals surface area contributed by atoms with E-state index >= 15 is 0 Å². The molecule has 0 bridgehead atoms. The Morgan fingerprint density at radius 1 is 1.44 bits per heavy atom. The van der Waals surface area contributed by atoms with Gasteiger partial charge in [0.25, 0.3) is 5.89 Å². The Morgan fingerprint density at radius 3 is 3.06 bits per heavy atom. The largest absolute Gasteiger partial charge is 0.481 e. The van der Waals surface area contributed by atoms with E-state index in [4.69, 9.17) is 9.26 Å². The van der Waals surface area contributed by atoms with Crippen molar-refractivity contribution in [2.24, 2.45) is 0 Å². The predicted octanol–water partition coefficient (Wildman–Crippen LogP) is 3.43. The number of halogens is 2. The molecular formula is C12H10BrFN2O2. The molecule has 2 aromatic rings. The first-order chi connectivity index (χ1) is 8.72. The van der Waals surface area contributed by atoms with Crippen LogP contribution in [0.4, 0.5) is 4.39 Å². The Hall–Kier alpha value is -1.43. The quantitative estimate of drug-likeness (QED) is 0.868. The fraction of sp³-hybridized carbons (Fsp3) is 0.333. The van der Waals surface area contributed by atoms with Gasteiger partial charge in [-0.3, -0.25) is 0 Å². The molecule has 4 nitrogen and oxygen atoms in total. The van der Waals surface area contributed by atoms with Crippen LogP contribution >= 0.6 is 15.9 Å². The lowest BCUT2D eigenvalue weighted by molar-refractivity contribution is 0.234. The maximum atomic E-state index is 13.4. The number of benzene rings is 1. The van der Waals surface area contributed by atoms with Crippen LogP contribution in [0.2, 0.25) is 0 Å². The van der Waals surface area contributed by atoms with Crippen molar-refractivity contribution in [1.82, 2.24) is 10.1 Å². The van der Waals surface area contributed by atoms with Crippen LogP contribution in [0.3, 0.4) is 0 Å². The van der Waals surface area contributed by atoms with Crippen molar-refractivity contribution in [3.8, 4) is 5.75 Å². The predicted molar refractivity (Wildman–Crippen MR) is 64.7 cm³/mol. The Kier molecular flexibility index (Phi) is 3.03. The van der Waals surface area contributed by atoms with Crippen LogP contribution in [0, 0.1) is 5.82 Å². The average Bonchev–Trinajstić information content (AvgIpc) is 3.10. The van der Waals surface area contributed by atoms with Gasteiger partial charge in [0.1, 0.15) is 0 Å². The highest BCUT2D eigenvalue weighted by Gasteiger charge is 2.28. The summed E-state index contributed by atoms with van der Waals surface area (Å²) in [5.74, 6) is 1.28. The zero-order chi connectivity index (χ0) is 12.5. The van der Waals surface area contributed by atoms with E-state index in [2.05, 4.69) is 26.1 Å². The van der Waals surface area contributed by atoms with E-state index in [0.717, 1.165) is 23.1 Å². The van der Waals surface area contributed by atoms with Crippen LogP contribution in [0.1, 0.15) is 30.5 Å². The number of rotatable bonds is 4. The van der Waals surface area contributed by atoms with Crippen LogP contribution in [0.5, 0.6) is 5.75 Å². The molecule has 3 rings (SSSR count). The molecule has 0 spiro atoms. The molecule has 0 N–H and O–H groups in total. The highest BCUT2D eigenvalue weighted by Crippen LogP contribution is 2.38. The van der Waals surface area contributed by atoms with Crippen molar-refractivity contribution in [3.63, 3.8) is 0 Å². The van der Waals surface area contributed by atoms with Crippen LogP contribution < -0.4 is 4.74 Å². The maximum Gasteiger partial charge on any atom is 0.264 e. The molecule has 0 amide bonds. The molecule has 1 aromatic heterocycles. The molecular weight excluding hydrogens is 303 g/mol. The van der Waals surface area contributed by atoms with Gasteiger partial charge in [-0.25, -0.2) is 4.39 Å². The number of hydrogen-bond acceptors (Lipinski definition) is 4. The summed E-state index contributed by atoms with van der Waals surface area (Å²) in [6.45, 7) is 0.0765. The average molecular weight is 313 g/mol. The third-order valence-corrected chi connectivity index (χ3v) is 3.16. The lowest BCUT2D eigenvalue weighted by Gasteiger charge is -2.04. The van der Waals surface area contributed by atoms with E-state index in [1.807, 2.05) is 0 Å². The van der Waals surface area contributed by atoms with Crippen molar-refractivity contribution >= 4 is 15.9 Å². The topological polar surface area (TPSA) is 48.2 Å². The SMILES string of the molecule is Fc1ccc(Br)cc1OCc1nc(C2CC2)no1. The standard InChI is InChI=1S/C12H10BrFN2O2/c13-8-3-4-9(14)10(5-8)17-6-11-15-12(16-18-11)7-1-2-7/h3-5,7H,1-2,6H2. The minimum atomic E-state index is -0.417. The van der Waals surface area contributed by atoms with Crippen LogP contribution in [-0.4, -0.2) is 10.1 Å². The normalized spacial score (nSPS) is 14.8. The van der Waals surface area contributed by atoms with Crippen molar-refractivity contribution in [2.45, 2.75) is 25.4 Å². The number of hydrogen-bond donors (Lipinski definition) is 0. The molecule has 0 radical (unpaired) electrons. The van der Waals surface area contributed by atoms with Gasteiger partial charge in [-0.05, 0) is 31.0 Å². The van der Waals surface area contributed by atoms with Crippen LogP contribution in [0.15, 0.2) is 27.2 Å². The second-order valence-corrected chi connectivity index (χ2v) is 5.10. The van der Waals surface area contributed by atoms with E-state index < -0.39 is 5.82 Å². The Balaban J connectivity index is 1.67. The third kappa shape index (κ3) is 2.53. The van der Waals surface area contributed by atoms with E-state index in [9.17, 15) is 4.39 Å². The zero-order valence-electron chi connectivity index (χ0n) is 9.40. The molecule has 0 aliphatic heterocycles. The fourth-order valence-corrected chi connectivity index (χ4v) is 1.90. The van der Waals surface area contributed by atoms with Crippen molar-refractivity contribution in [3.05, 3.63) is 40.2 Å². The Morgan fingerprint density at radius 2 is 2.28 bits per heavy atom. The van der Waals surface area contributed by atoms with Gasteiger partial charge in [-0.2, -0.15) is 4.98 Å². The zero-order valence-corrected chi connectivity index (χ0v) is 11.0. The molecule has 1 aromatic carbocycles. The summed E-state index contributed by atoms with van der Waals surface area (Å²) >= 11 is 3.26. The van der Waals surface area contributed by atoms with E-state index in [-0.39, 0.29) is 12.4 Å². The minimum absolute atomic E-state index is 0.0765. The molecule has 1 aliphatic carbocycles. The molecule has 1 heterocycles. The number of aromatic nitrogens is 2. The first-order valence-electron chi connectivity index (χ1n) is 5.63. The molecule has 1 fully saturated rings. The van der Waals surface area contributed by atoms with Gasteiger partial charge in [0.15, 0.2) is 24.0 Å². The summed E-state index contributed by atoms with van der Waals surface area (Å²) in [5, 5.41) is 3.86. The summed E-state index contributed by atoms with van der Waals surface area (Å²) in [5.41, 5.74) is 0. The summed E-state index contributed by atoms with van der Waals surface area (Å²) in [7, 11) is 0. The van der Waals surface area contributed by atoms with Crippen LogP contribution in [0.25, 0.3) is 0 Å². The lowest BCUT2D eigenvalue weighted by Crippen LogP contribution is -1.98. The van der Waals surface area contributed by atoms with Gasteiger partial charge < -0.3 is 9.26 Å². The summed E-state index contributed by atoms with van der Waals surface area (Å²) in [4.78, 5) is 4.20. The van der Waals surface area contributed by atoms with Gasteiger partial charge >= 0.3 is 0 Å². The smallest absolute Gasteiger partial charge is 0.264 e. The van der Waals surface area contributed by atoms with E-state index in [1.54, 1.807) is 12.1 Å². The molecule has 0 saturated heterocycles. The molecule has 18 heavy (non-hydrogen) atoms. The molecule has 0 atom stereocenters. The highest BCUT2D eigenvalue weighted by atomic mass is 79.9. The maximum absolute atomic E-state index is 13.4. The summed E-state index contributed by atoms with van der Waals surface area (Å²) in [6.07, 6.45) is 2.22. The fourth-order valence-electron chi connectivity index (χ4n) is 1.56. The third-order valence-electron chi connectivity index (χ3n) is 2.67. The first kappa shape index (κ1) is 11.6. The molecule has 0 unspecified atom stereocenters. The van der Waals surface area contributed by atoms with E-state index in [1.165, 1.54) is 6.07 Å². The van der Waals surface area contributed by atoms with Crippen LogP contribution in [-0.2, 0) is 6.61 Å². The molecule has 1 saturated carbocycles. The lowest BCUT2D eigenvalue weighted by atomic mass is 10.3. The number of nitrogens with zero attached hydrogens (tertiary/aromatic N) is 2. The van der Waals surface area contributed by atoms with E-state index in [0.29, 0.717) is 11.8 Å². The monoisotopic (exact) mass is 312 g/mol. The molecule has 6 heteroatoms. The molecule has 94 valence electrons. The highest BCUT2D eigenvalue weighted by molar-refractivity contribution is 9.10. The molecule has 1 aliphatic rings. The first-order valence-corrected chi connectivity index (χ1v) is 6.42. The van der Waals surface area contributed by atoms with Gasteiger partial charge in [0.2, 0.25) is 0 Å².